The van der Waals surface area contributed by atoms with Gasteiger partial charge in [-0.15, -0.1) is 0 Å². The zero-order valence-corrected chi connectivity index (χ0v) is 10.7. The van der Waals surface area contributed by atoms with Crippen molar-refractivity contribution in [3.8, 4) is 0 Å². The van der Waals surface area contributed by atoms with E-state index in [1.54, 1.807) is 0 Å². The first kappa shape index (κ1) is 11.1. The van der Waals surface area contributed by atoms with E-state index in [1.165, 1.54) is 0 Å². The first-order valence-electron chi connectivity index (χ1n) is 4.94. The van der Waals surface area contributed by atoms with Crippen molar-refractivity contribution < 1.29 is 4.42 Å². The molecule has 0 aromatic carbocycles. The van der Waals surface area contributed by atoms with Gasteiger partial charge in [-0.2, -0.15) is 0 Å². The van der Waals surface area contributed by atoms with E-state index in [1.807, 2.05) is 32.0 Å². The Morgan fingerprint density at radius 2 is 2.12 bits per heavy atom. The van der Waals surface area contributed by atoms with Crippen molar-refractivity contribution in [3.05, 3.63) is 40.1 Å². The molecule has 0 bridgehead atoms. The molecule has 0 radical (unpaired) electrons. The Balaban J connectivity index is 2.02. The first-order chi connectivity index (χ1) is 7.65. The van der Waals surface area contributed by atoms with Gasteiger partial charge in [0.05, 0.1) is 12.2 Å². The third-order valence-electron chi connectivity index (χ3n) is 2.21. The summed E-state index contributed by atoms with van der Waals surface area (Å²) < 4.78 is 6.26. The summed E-state index contributed by atoms with van der Waals surface area (Å²) in [5, 5.41) is 3.14. The summed E-state index contributed by atoms with van der Waals surface area (Å²) in [5.74, 6) is 2.33. The van der Waals surface area contributed by atoms with Crippen LogP contribution in [0.25, 0.3) is 0 Å². The highest BCUT2D eigenvalue weighted by atomic mass is 79.9. The third-order valence-corrected chi connectivity index (χ3v) is 2.65. The Morgan fingerprint density at radius 1 is 1.31 bits per heavy atom. The van der Waals surface area contributed by atoms with Gasteiger partial charge in [-0.05, 0) is 41.9 Å². The maximum atomic E-state index is 5.45. The Hall–Kier alpha value is -1.36. The van der Waals surface area contributed by atoms with Gasteiger partial charge in [0.15, 0.2) is 0 Å². The van der Waals surface area contributed by atoms with Gasteiger partial charge in [0.1, 0.15) is 16.2 Å². The lowest BCUT2D eigenvalue weighted by Gasteiger charge is -2.02. The average molecular weight is 282 g/mol. The summed E-state index contributed by atoms with van der Waals surface area (Å²) >= 11 is 3.31. The van der Waals surface area contributed by atoms with Crippen LogP contribution in [0, 0.1) is 13.8 Å². The van der Waals surface area contributed by atoms with E-state index < -0.39 is 0 Å². The minimum atomic E-state index is 0.540. The lowest BCUT2D eigenvalue weighted by atomic mass is 10.4. The molecule has 2 aromatic rings. The molecule has 0 aliphatic rings. The van der Waals surface area contributed by atoms with E-state index in [2.05, 4.69) is 31.2 Å². The second kappa shape index (κ2) is 4.65. The van der Waals surface area contributed by atoms with Gasteiger partial charge in [-0.3, -0.25) is 0 Å². The van der Waals surface area contributed by atoms with Crippen LogP contribution in [-0.4, -0.2) is 9.97 Å². The standard InChI is InChI=1S/C11H12BrN3O/c1-7-8(2)16-11(14-7)6-13-10-5-3-4-9(12)15-10/h3-5H,6H2,1-2H3,(H,13,15). The molecule has 0 saturated heterocycles. The lowest BCUT2D eigenvalue weighted by Crippen LogP contribution is -2.01. The van der Waals surface area contributed by atoms with Gasteiger partial charge in [0.2, 0.25) is 5.89 Å². The summed E-state index contributed by atoms with van der Waals surface area (Å²) in [4.78, 5) is 8.53. The second-order valence-corrected chi connectivity index (χ2v) is 4.26. The molecule has 0 aliphatic carbocycles. The van der Waals surface area contributed by atoms with E-state index in [4.69, 9.17) is 4.42 Å². The summed E-state index contributed by atoms with van der Waals surface area (Å²) in [5.41, 5.74) is 0.930. The van der Waals surface area contributed by atoms with E-state index >= 15 is 0 Å². The molecule has 4 nitrogen and oxygen atoms in total. The number of aromatic nitrogens is 2. The molecular formula is C11H12BrN3O. The zero-order valence-electron chi connectivity index (χ0n) is 9.12. The van der Waals surface area contributed by atoms with Crippen molar-refractivity contribution in [1.29, 1.82) is 0 Å². The molecule has 0 atom stereocenters. The number of anilines is 1. The van der Waals surface area contributed by atoms with Crippen molar-refractivity contribution in [3.63, 3.8) is 0 Å². The van der Waals surface area contributed by atoms with Gasteiger partial charge in [0.25, 0.3) is 0 Å². The Morgan fingerprint density at radius 3 is 2.75 bits per heavy atom. The summed E-state index contributed by atoms with van der Waals surface area (Å²) in [7, 11) is 0. The van der Waals surface area contributed by atoms with E-state index in [9.17, 15) is 0 Å². The van der Waals surface area contributed by atoms with Crippen molar-refractivity contribution in [2.75, 3.05) is 5.32 Å². The van der Waals surface area contributed by atoms with Crippen LogP contribution in [0.5, 0.6) is 0 Å². The molecule has 0 amide bonds. The molecule has 2 heterocycles. The predicted octanol–water partition coefficient (Wildman–Crippen LogP) is 3.06. The minimum absolute atomic E-state index is 0.540. The van der Waals surface area contributed by atoms with Gasteiger partial charge in [-0.1, -0.05) is 6.07 Å². The fourth-order valence-electron chi connectivity index (χ4n) is 1.29. The zero-order chi connectivity index (χ0) is 11.5. The maximum Gasteiger partial charge on any atom is 0.213 e. The number of oxazole rings is 1. The number of halogens is 1. The number of hydrogen-bond donors (Lipinski definition) is 1. The molecule has 5 heteroatoms. The fourth-order valence-corrected chi connectivity index (χ4v) is 1.63. The Bertz CT molecular complexity index is 476. The fraction of sp³-hybridized carbons (Fsp3) is 0.273. The van der Waals surface area contributed by atoms with Crippen LogP contribution in [0.3, 0.4) is 0 Å². The number of nitrogens with one attached hydrogen (secondary N) is 1. The van der Waals surface area contributed by atoms with E-state index in [-0.39, 0.29) is 0 Å². The summed E-state index contributed by atoms with van der Waals surface area (Å²) in [6, 6.07) is 5.70. The molecule has 84 valence electrons. The molecule has 0 spiro atoms. The van der Waals surface area contributed by atoms with Gasteiger partial charge in [0, 0.05) is 0 Å². The first-order valence-corrected chi connectivity index (χ1v) is 5.74. The molecule has 2 rings (SSSR count). The largest absolute Gasteiger partial charge is 0.444 e. The molecule has 0 saturated carbocycles. The number of hydrogen-bond acceptors (Lipinski definition) is 4. The van der Waals surface area contributed by atoms with Crippen LogP contribution < -0.4 is 5.32 Å². The Kier molecular flexibility index (Phi) is 3.24. The molecule has 0 unspecified atom stereocenters. The number of pyridine rings is 1. The quantitative estimate of drug-likeness (QED) is 0.879. The van der Waals surface area contributed by atoms with Gasteiger partial charge < -0.3 is 9.73 Å². The lowest BCUT2D eigenvalue weighted by molar-refractivity contribution is 0.478. The molecule has 2 aromatic heterocycles. The SMILES string of the molecule is Cc1nc(CNc2cccc(Br)n2)oc1C. The van der Waals surface area contributed by atoms with E-state index in [0.29, 0.717) is 12.4 Å². The highest BCUT2D eigenvalue weighted by molar-refractivity contribution is 9.10. The van der Waals surface area contributed by atoms with E-state index in [0.717, 1.165) is 21.9 Å². The van der Waals surface area contributed by atoms with Gasteiger partial charge in [-0.25, -0.2) is 9.97 Å². The number of nitrogens with zero attached hydrogens (tertiary/aromatic N) is 2. The van der Waals surface area contributed by atoms with Crippen LogP contribution in [0.1, 0.15) is 17.3 Å². The topological polar surface area (TPSA) is 51.0 Å². The molecular weight excluding hydrogens is 270 g/mol. The number of aryl methyl sites for hydroxylation is 2. The minimum Gasteiger partial charge on any atom is -0.444 e. The average Bonchev–Trinajstić information content (AvgIpc) is 2.56. The van der Waals surface area contributed by atoms with Crippen LogP contribution in [0.4, 0.5) is 5.82 Å². The van der Waals surface area contributed by atoms with Crippen LogP contribution in [0.2, 0.25) is 0 Å². The van der Waals surface area contributed by atoms with Crippen molar-refractivity contribution in [2.45, 2.75) is 20.4 Å². The Labute approximate surface area is 102 Å². The van der Waals surface area contributed by atoms with Crippen molar-refractivity contribution in [2.24, 2.45) is 0 Å². The molecule has 16 heavy (non-hydrogen) atoms. The molecule has 0 fully saturated rings. The third kappa shape index (κ3) is 2.61. The van der Waals surface area contributed by atoms with Crippen molar-refractivity contribution >= 4 is 21.7 Å². The highest BCUT2D eigenvalue weighted by Crippen LogP contribution is 2.12. The summed E-state index contributed by atoms with van der Waals surface area (Å²) in [6.07, 6.45) is 0. The van der Waals surface area contributed by atoms with Crippen LogP contribution >= 0.6 is 15.9 Å². The molecule has 1 N–H and O–H groups in total. The van der Waals surface area contributed by atoms with Crippen molar-refractivity contribution in [1.82, 2.24) is 9.97 Å². The number of rotatable bonds is 3. The predicted molar refractivity (Wildman–Crippen MR) is 65.2 cm³/mol. The highest BCUT2D eigenvalue weighted by Gasteiger charge is 2.05. The van der Waals surface area contributed by atoms with Crippen LogP contribution in [-0.2, 0) is 6.54 Å². The van der Waals surface area contributed by atoms with Crippen LogP contribution in [0.15, 0.2) is 27.2 Å². The second-order valence-electron chi connectivity index (χ2n) is 3.45. The molecule has 0 aliphatic heterocycles. The smallest absolute Gasteiger partial charge is 0.213 e. The summed E-state index contributed by atoms with van der Waals surface area (Å²) in [6.45, 7) is 4.38. The van der Waals surface area contributed by atoms with Gasteiger partial charge >= 0.3 is 0 Å². The monoisotopic (exact) mass is 281 g/mol. The normalized spacial score (nSPS) is 10.4. The maximum absolute atomic E-state index is 5.45.